The lowest BCUT2D eigenvalue weighted by Crippen LogP contribution is -2.33. The van der Waals surface area contributed by atoms with Crippen LogP contribution in [0.5, 0.6) is 0 Å². The Morgan fingerprint density at radius 3 is 2.90 bits per heavy atom. The Labute approximate surface area is 126 Å². The molecular formula is C16H25N3O2. The van der Waals surface area contributed by atoms with Crippen LogP contribution in [0.15, 0.2) is 0 Å². The molecule has 0 bridgehead atoms. The smallest absolute Gasteiger partial charge is 0.220 e. The zero-order valence-electron chi connectivity index (χ0n) is 13.0. The third-order valence-corrected chi connectivity index (χ3v) is 4.70. The summed E-state index contributed by atoms with van der Waals surface area (Å²) in [6.45, 7) is 5.97. The summed E-state index contributed by atoms with van der Waals surface area (Å²) in [6.07, 6.45) is 6.42. The van der Waals surface area contributed by atoms with Gasteiger partial charge in [-0.2, -0.15) is 5.10 Å². The molecule has 1 N–H and O–H groups in total. The summed E-state index contributed by atoms with van der Waals surface area (Å²) in [6, 6.07) is 0.141. The van der Waals surface area contributed by atoms with Crippen molar-refractivity contribution in [3.05, 3.63) is 17.0 Å². The Kier molecular flexibility index (Phi) is 4.29. The second kappa shape index (κ2) is 6.18. The molecule has 0 radical (unpaired) electrons. The van der Waals surface area contributed by atoms with Crippen molar-refractivity contribution in [3.63, 3.8) is 0 Å². The quantitative estimate of drug-likeness (QED) is 0.927. The van der Waals surface area contributed by atoms with E-state index in [1.165, 1.54) is 24.1 Å². The van der Waals surface area contributed by atoms with Crippen molar-refractivity contribution in [1.82, 2.24) is 15.1 Å². The van der Waals surface area contributed by atoms with Crippen LogP contribution < -0.4 is 5.32 Å². The fourth-order valence-corrected chi connectivity index (χ4v) is 3.59. The van der Waals surface area contributed by atoms with Crippen LogP contribution >= 0.6 is 0 Å². The number of carbonyl (C=O) groups excluding carboxylic acids is 1. The van der Waals surface area contributed by atoms with Crippen molar-refractivity contribution < 1.29 is 9.53 Å². The molecule has 1 amide bonds. The number of aromatic nitrogens is 2. The summed E-state index contributed by atoms with van der Waals surface area (Å²) in [5.41, 5.74) is 3.46. The van der Waals surface area contributed by atoms with Crippen molar-refractivity contribution in [3.8, 4) is 0 Å². The lowest BCUT2D eigenvalue weighted by Gasteiger charge is -2.24. The standard InChI is InChI=1S/C16H25N3O2/c1-11-16(14-6-3-7-15(20)17-14)12(2)19(18-11)9-8-13-5-4-10-21-13/h13-14H,3-10H2,1-2H3,(H,17,20). The molecule has 2 atom stereocenters. The second-order valence-electron chi connectivity index (χ2n) is 6.24. The number of amides is 1. The molecular weight excluding hydrogens is 266 g/mol. The van der Waals surface area contributed by atoms with Crippen molar-refractivity contribution in [2.24, 2.45) is 0 Å². The molecule has 3 rings (SSSR count). The number of nitrogens with zero attached hydrogens (tertiary/aromatic N) is 2. The average molecular weight is 291 g/mol. The molecule has 3 heterocycles. The maximum atomic E-state index is 11.6. The molecule has 5 heteroatoms. The largest absolute Gasteiger partial charge is 0.378 e. The van der Waals surface area contributed by atoms with Crippen LogP contribution in [-0.4, -0.2) is 28.4 Å². The number of aryl methyl sites for hydroxylation is 2. The van der Waals surface area contributed by atoms with Gasteiger partial charge >= 0.3 is 0 Å². The van der Waals surface area contributed by atoms with Gasteiger partial charge in [-0.3, -0.25) is 9.48 Å². The Bertz CT molecular complexity index is 518. The molecule has 2 saturated heterocycles. The Balaban J connectivity index is 1.71. The number of ether oxygens (including phenoxy) is 1. The number of hydrogen-bond acceptors (Lipinski definition) is 3. The molecule has 0 aliphatic carbocycles. The molecule has 1 aromatic rings. The molecule has 116 valence electrons. The van der Waals surface area contributed by atoms with E-state index in [1.807, 2.05) is 6.92 Å². The number of rotatable bonds is 4. The highest BCUT2D eigenvalue weighted by atomic mass is 16.5. The molecule has 2 aliphatic heterocycles. The minimum atomic E-state index is 0.141. The van der Waals surface area contributed by atoms with Gasteiger partial charge < -0.3 is 10.1 Å². The maximum Gasteiger partial charge on any atom is 0.220 e. The van der Waals surface area contributed by atoms with E-state index in [9.17, 15) is 4.79 Å². The van der Waals surface area contributed by atoms with E-state index in [4.69, 9.17) is 4.74 Å². The van der Waals surface area contributed by atoms with Gasteiger partial charge in [0, 0.05) is 30.8 Å². The van der Waals surface area contributed by atoms with E-state index in [1.54, 1.807) is 0 Å². The first-order valence-corrected chi connectivity index (χ1v) is 8.10. The maximum absolute atomic E-state index is 11.6. The van der Waals surface area contributed by atoms with E-state index in [0.717, 1.165) is 38.1 Å². The van der Waals surface area contributed by atoms with Gasteiger partial charge in [0.05, 0.1) is 17.8 Å². The van der Waals surface area contributed by atoms with Crippen LogP contribution in [0.3, 0.4) is 0 Å². The number of hydrogen-bond donors (Lipinski definition) is 1. The lowest BCUT2D eigenvalue weighted by atomic mass is 9.96. The van der Waals surface area contributed by atoms with Crippen LogP contribution in [0, 0.1) is 13.8 Å². The molecule has 0 aromatic carbocycles. The lowest BCUT2D eigenvalue weighted by molar-refractivity contribution is -0.123. The second-order valence-corrected chi connectivity index (χ2v) is 6.24. The topological polar surface area (TPSA) is 56.2 Å². The third kappa shape index (κ3) is 3.12. The summed E-state index contributed by atoms with van der Waals surface area (Å²) in [5, 5.41) is 7.79. The van der Waals surface area contributed by atoms with Crippen LogP contribution in [0.2, 0.25) is 0 Å². The highest BCUT2D eigenvalue weighted by molar-refractivity contribution is 5.77. The summed E-state index contributed by atoms with van der Waals surface area (Å²) < 4.78 is 7.77. The minimum absolute atomic E-state index is 0.141. The van der Waals surface area contributed by atoms with Crippen LogP contribution in [-0.2, 0) is 16.1 Å². The van der Waals surface area contributed by atoms with E-state index in [0.29, 0.717) is 12.5 Å². The molecule has 21 heavy (non-hydrogen) atoms. The van der Waals surface area contributed by atoms with Crippen LogP contribution in [0.4, 0.5) is 0 Å². The van der Waals surface area contributed by atoms with Gasteiger partial charge in [-0.25, -0.2) is 0 Å². The highest BCUT2D eigenvalue weighted by Gasteiger charge is 2.26. The number of carbonyl (C=O) groups is 1. The van der Waals surface area contributed by atoms with Crippen molar-refractivity contribution in [1.29, 1.82) is 0 Å². The van der Waals surface area contributed by atoms with Gasteiger partial charge in [0.1, 0.15) is 0 Å². The molecule has 2 aliphatic rings. The van der Waals surface area contributed by atoms with Gasteiger partial charge in [-0.05, 0) is 46.0 Å². The fraction of sp³-hybridized carbons (Fsp3) is 0.750. The SMILES string of the molecule is Cc1nn(CCC2CCCO2)c(C)c1C1CCCC(=O)N1. The van der Waals surface area contributed by atoms with E-state index in [2.05, 4.69) is 22.0 Å². The third-order valence-electron chi connectivity index (χ3n) is 4.70. The first-order chi connectivity index (χ1) is 10.1. The number of nitrogens with one attached hydrogen (secondary N) is 1. The zero-order chi connectivity index (χ0) is 14.8. The molecule has 0 saturated carbocycles. The summed E-state index contributed by atoms with van der Waals surface area (Å²) >= 11 is 0. The number of piperidine rings is 1. The summed E-state index contributed by atoms with van der Waals surface area (Å²) in [7, 11) is 0. The first-order valence-electron chi connectivity index (χ1n) is 8.10. The van der Waals surface area contributed by atoms with E-state index >= 15 is 0 Å². The monoisotopic (exact) mass is 291 g/mol. The van der Waals surface area contributed by atoms with E-state index < -0.39 is 0 Å². The normalized spacial score (nSPS) is 26.1. The van der Waals surface area contributed by atoms with E-state index in [-0.39, 0.29) is 11.9 Å². The summed E-state index contributed by atoms with van der Waals surface area (Å²) in [5.74, 6) is 0.164. The predicted molar refractivity (Wildman–Crippen MR) is 80.0 cm³/mol. The summed E-state index contributed by atoms with van der Waals surface area (Å²) in [4.78, 5) is 11.6. The zero-order valence-corrected chi connectivity index (χ0v) is 13.0. The van der Waals surface area contributed by atoms with Gasteiger partial charge in [0.15, 0.2) is 0 Å². The predicted octanol–water partition coefficient (Wildman–Crippen LogP) is 2.41. The van der Waals surface area contributed by atoms with Gasteiger partial charge in [-0.15, -0.1) is 0 Å². The Morgan fingerprint density at radius 2 is 2.19 bits per heavy atom. The Morgan fingerprint density at radius 1 is 1.33 bits per heavy atom. The van der Waals surface area contributed by atoms with Gasteiger partial charge in [0.25, 0.3) is 0 Å². The van der Waals surface area contributed by atoms with Gasteiger partial charge in [-0.1, -0.05) is 0 Å². The molecule has 0 spiro atoms. The van der Waals surface area contributed by atoms with Crippen LogP contribution in [0.25, 0.3) is 0 Å². The van der Waals surface area contributed by atoms with Crippen molar-refractivity contribution in [2.45, 2.75) is 71.1 Å². The fourth-order valence-electron chi connectivity index (χ4n) is 3.59. The average Bonchev–Trinajstić information content (AvgIpc) is 3.05. The van der Waals surface area contributed by atoms with Crippen molar-refractivity contribution in [2.75, 3.05) is 6.61 Å². The minimum Gasteiger partial charge on any atom is -0.378 e. The molecule has 5 nitrogen and oxygen atoms in total. The van der Waals surface area contributed by atoms with Crippen LogP contribution in [0.1, 0.15) is 61.5 Å². The Hall–Kier alpha value is -1.36. The highest BCUT2D eigenvalue weighted by Crippen LogP contribution is 2.29. The molecule has 1 aromatic heterocycles. The molecule has 2 fully saturated rings. The first kappa shape index (κ1) is 14.6. The van der Waals surface area contributed by atoms with Gasteiger partial charge in [0.2, 0.25) is 5.91 Å². The molecule has 2 unspecified atom stereocenters. The van der Waals surface area contributed by atoms with Crippen molar-refractivity contribution >= 4 is 5.91 Å².